The molecule has 0 saturated heterocycles. The van der Waals surface area contributed by atoms with E-state index in [9.17, 15) is 0 Å². The zero-order valence-corrected chi connectivity index (χ0v) is 9.08. The van der Waals surface area contributed by atoms with Gasteiger partial charge in [-0.05, 0) is 12.1 Å². The van der Waals surface area contributed by atoms with Crippen molar-refractivity contribution in [1.29, 1.82) is 0 Å². The van der Waals surface area contributed by atoms with Gasteiger partial charge in [-0.1, -0.05) is 11.3 Å². The van der Waals surface area contributed by atoms with Gasteiger partial charge in [0.15, 0.2) is 0 Å². The summed E-state index contributed by atoms with van der Waals surface area (Å²) >= 11 is 1.46. The van der Waals surface area contributed by atoms with Crippen LogP contribution in [0.4, 0.5) is 5.13 Å². The van der Waals surface area contributed by atoms with Gasteiger partial charge < -0.3 is 14.5 Å². The van der Waals surface area contributed by atoms with Crippen LogP contribution in [0.3, 0.4) is 0 Å². The average Bonchev–Trinajstić information content (AvgIpc) is 2.85. The van der Waals surface area contributed by atoms with Crippen LogP contribution in [0.2, 0.25) is 0 Å². The van der Waals surface area contributed by atoms with Crippen LogP contribution in [0.25, 0.3) is 0 Å². The quantitative estimate of drug-likeness (QED) is 0.842. The zero-order valence-electron chi connectivity index (χ0n) is 8.27. The Balaban J connectivity index is 1.88. The predicted molar refractivity (Wildman–Crippen MR) is 56.7 cm³/mol. The van der Waals surface area contributed by atoms with Gasteiger partial charge in [0.2, 0.25) is 5.13 Å². The highest BCUT2D eigenvalue weighted by atomic mass is 32.1. The van der Waals surface area contributed by atoms with E-state index in [1.807, 2.05) is 12.1 Å². The Labute approximate surface area is 91.1 Å². The lowest BCUT2D eigenvalue weighted by Gasteiger charge is -1.98. The monoisotopic (exact) mass is 225 g/mol. The predicted octanol–water partition coefficient (Wildman–Crippen LogP) is 1.89. The second-order valence-corrected chi connectivity index (χ2v) is 3.73. The van der Waals surface area contributed by atoms with Crippen LogP contribution in [-0.2, 0) is 17.9 Å². The number of furan rings is 1. The van der Waals surface area contributed by atoms with Crippen LogP contribution < -0.4 is 5.32 Å². The molecule has 2 aromatic rings. The van der Waals surface area contributed by atoms with Crippen molar-refractivity contribution in [3.05, 3.63) is 29.2 Å². The summed E-state index contributed by atoms with van der Waals surface area (Å²) in [6.45, 7) is 1.11. The maximum atomic E-state index is 5.49. The molecule has 15 heavy (non-hydrogen) atoms. The molecule has 0 saturated carbocycles. The Hall–Kier alpha value is -1.40. The van der Waals surface area contributed by atoms with E-state index < -0.39 is 0 Å². The fraction of sp³-hybridized carbons (Fsp3) is 0.333. The van der Waals surface area contributed by atoms with E-state index in [2.05, 4.69) is 15.5 Å². The summed E-state index contributed by atoms with van der Waals surface area (Å²) in [7, 11) is 1.64. The lowest BCUT2D eigenvalue weighted by molar-refractivity contribution is 0.163. The summed E-state index contributed by atoms with van der Waals surface area (Å²) in [5, 5.41) is 11.5. The standard InChI is InChI=1S/C9H11N3O2S/c1-13-5-8-3-2-7(14-8)4-10-9-12-11-6-15-9/h2-3,6H,4-5H2,1H3,(H,10,12). The molecule has 2 rings (SSSR count). The van der Waals surface area contributed by atoms with Crippen molar-refractivity contribution in [1.82, 2.24) is 10.2 Å². The van der Waals surface area contributed by atoms with Gasteiger partial charge in [0.1, 0.15) is 23.6 Å². The fourth-order valence-electron chi connectivity index (χ4n) is 1.15. The first-order valence-corrected chi connectivity index (χ1v) is 5.33. The van der Waals surface area contributed by atoms with Gasteiger partial charge in [0.25, 0.3) is 0 Å². The molecule has 0 unspecified atom stereocenters. The third-order valence-electron chi connectivity index (χ3n) is 1.78. The number of hydrogen-bond donors (Lipinski definition) is 1. The molecule has 0 aliphatic rings. The first-order valence-electron chi connectivity index (χ1n) is 4.45. The van der Waals surface area contributed by atoms with E-state index in [4.69, 9.17) is 9.15 Å². The summed E-state index contributed by atoms with van der Waals surface area (Å²) in [4.78, 5) is 0. The molecule has 0 bridgehead atoms. The number of aromatic nitrogens is 2. The molecule has 0 spiro atoms. The van der Waals surface area contributed by atoms with Gasteiger partial charge in [0, 0.05) is 7.11 Å². The van der Waals surface area contributed by atoms with Gasteiger partial charge in [-0.2, -0.15) is 0 Å². The molecule has 0 aliphatic heterocycles. The van der Waals surface area contributed by atoms with Gasteiger partial charge in [0.05, 0.1) is 6.54 Å². The highest BCUT2D eigenvalue weighted by molar-refractivity contribution is 7.13. The molecule has 0 radical (unpaired) electrons. The lowest BCUT2D eigenvalue weighted by Crippen LogP contribution is -1.97. The summed E-state index contributed by atoms with van der Waals surface area (Å²) in [5.74, 6) is 1.68. The Kier molecular flexibility index (Phi) is 3.31. The van der Waals surface area contributed by atoms with E-state index in [-0.39, 0.29) is 0 Å². The minimum Gasteiger partial charge on any atom is -0.462 e. The van der Waals surface area contributed by atoms with Crippen LogP contribution in [0.1, 0.15) is 11.5 Å². The molecular weight excluding hydrogens is 214 g/mol. The molecule has 6 heteroatoms. The third-order valence-corrected chi connectivity index (χ3v) is 2.43. The molecule has 5 nitrogen and oxygen atoms in total. The summed E-state index contributed by atoms with van der Waals surface area (Å²) in [6.07, 6.45) is 0. The average molecular weight is 225 g/mol. The van der Waals surface area contributed by atoms with E-state index in [0.717, 1.165) is 16.7 Å². The van der Waals surface area contributed by atoms with Crippen molar-refractivity contribution in [3.8, 4) is 0 Å². The first kappa shape index (κ1) is 10.1. The summed E-state index contributed by atoms with van der Waals surface area (Å²) in [5.41, 5.74) is 1.68. The van der Waals surface area contributed by atoms with E-state index in [1.165, 1.54) is 11.3 Å². The third kappa shape index (κ3) is 2.77. The van der Waals surface area contributed by atoms with Gasteiger partial charge >= 0.3 is 0 Å². The van der Waals surface area contributed by atoms with Crippen molar-refractivity contribution in [2.75, 3.05) is 12.4 Å². The number of methoxy groups -OCH3 is 1. The Morgan fingerprint density at radius 3 is 3.07 bits per heavy atom. The van der Waals surface area contributed by atoms with Crippen molar-refractivity contribution < 1.29 is 9.15 Å². The van der Waals surface area contributed by atoms with Gasteiger partial charge in [-0.3, -0.25) is 0 Å². The molecule has 0 aliphatic carbocycles. The summed E-state index contributed by atoms with van der Waals surface area (Å²) in [6, 6.07) is 3.82. The van der Waals surface area contributed by atoms with Crippen LogP contribution in [0.5, 0.6) is 0 Å². The van der Waals surface area contributed by atoms with Gasteiger partial charge in [-0.15, -0.1) is 10.2 Å². The maximum Gasteiger partial charge on any atom is 0.205 e. The smallest absolute Gasteiger partial charge is 0.205 e. The van der Waals surface area contributed by atoms with Crippen molar-refractivity contribution in [3.63, 3.8) is 0 Å². The number of rotatable bonds is 5. The normalized spacial score (nSPS) is 10.5. The number of nitrogens with zero attached hydrogens (tertiary/aromatic N) is 2. The van der Waals surface area contributed by atoms with Crippen LogP contribution in [0.15, 0.2) is 22.1 Å². The molecular formula is C9H11N3O2S. The van der Waals surface area contributed by atoms with Crippen LogP contribution >= 0.6 is 11.3 Å². The molecule has 80 valence electrons. The van der Waals surface area contributed by atoms with Crippen LogP contribution in [0, 0.1) is 0 Å². The molecule has 2 heterocycles. The molecule has 1 N–H and O–H groups in total. The largest absolute Gasteiger partial charge is 0.462 e. The minimum absolute atomic E-state index is 0.499. The van der Waals surface area contributed by atoms with Crippen molar-refractivity contribution in [2.24, 2.45) is 0 Å². The highest BCUT2D eigenvalue weighted by Crippen LogP contribution is 2.13. The second-order valence-electron chi connectivity index (χ2n) is 2.90. The zero-order chi connectivity index (χ0) is 10.5. The van der Waals surface area contributed by atoms with E-state index >= 15 is 0 Å². The molecule has 0 atom stereocenters. The molecule has 0 fully saturated rings. The fourth-order valence-corrected chi connectivity index (χ4v) is 1.59. The highest BCUT2D eigenvalue weighted by Gasteiger charge is 2.02. The second kappa shape index (κ2) is 4.90. The maximum absolute atomic E-state index is 5.49. The van der Waals surface area contributed by atoms with Crippen LogP contribution in [-0.4, -0.2) is 17.3 Å². The van der Waals surface area contributed by atoms with E-state index in [1.54, 1.807) is 12.6 Å². The molecule has 0 amide bonds. The molecule has 0 aromatic carbocycles. The number of anilines is 1. The number of hydrogen-bond acceptors (Lipinski definition) is 6. The van der Waals surface area contributed by atoms with E-state index in [0.29, 0.717) is 13.2 Å². The SMILES string of the molecule is COCc1ccc(CNc2nncs2)o1. The Morgan fingerprint density at radius 1 is 1.47 bits per heavy atom. The topological polar surface area (TPSA) is 60.2 Å². The lowest BCUT2D eigenvalue weighted by atomic mass is 10.4. The Bertz CT molecular complexity index is 399. The van der Waals surface area contributed by atoms with Crippen molar-refractivity contribution >= 4 is 16.5 Å². The molecule has 2 aromatic heterocycles. The summed E-state index contributed by atoms with van der Waals surface area (Å²) < 4.78 is 10.4. The Morgan fingerprint density at radius 2 is 2.33 bits per heavy atom. The minimum atomic E-state index is 0.499. The first-order chi connectivity index (χ1) is 7.38. The van der Waals surface area contributed by atoms with Gasteiger partial charge in [-0.25, -0.2) is 0 Å². The van der Waals surface area contributed by atoms with Crippen molar-refractivity contribution in [2.45, 2.75) is 13.2 Å². The number of nitrogens with one attached hydrogen (secondary N) is 1. The number of ether oxygens (including phenoxy) is 1.